The number of pyridine rings is 1. The van der Waals surface area contributed by atoms with Crippen LogP contribution in [-0.2, 0) is 11.3 Å². The zero-order valence-corrected chi connectivity index (χ0v) is 13.8. The summed E-state index contributed by atoms with van der Waals surface area (Å²) in [5, 5.41) is 13.2. The number of rotatable bonds is 8. The molecule has 0 aliphatic carbocycles. The normalized spacial score (nSPS) is 11.1. The van der Waals surface area contributed by atoms with Crippen LogP contribution in [0.1, 0.15) is 13.3 Å². The summed E-state index contributed by atoms with van der Waals surface area (Å²) in [4.78, 5) is 20.1. The first-order valence-corrected chi connectivity index (χ1v) is 7.97. The summed E-state index contributed by atoms with van der Waals surface area (Å²) in [6.45, 7) is 4.34. The number of aromatic nitrogens is 3. The van der Waals surface area contributed by atoms with Crippen molar-refractivity contribution in [1.82, 2.24) is 25.4 Å². The summed E-state index contributed by atoms with van der Waals surface area (Å²) in [5.74, 6) is 0.441. The molecule has 0 saturated carbocycles. The molecule has 3 N–H and O–H groups in total. The van der Waals surface area contributed by atoms with Crippen LogP contribution in [0.4, 0.5) is 5.69 Å². The summed E-state index contributed by atoms with van der Waals surface area (Å²) < 4.78 is 1.88. The second-order valence-corrected chi connectivity index (χ2v) is 5.03. The van der Waals surface area contributed by atoms with E-state index in [1.54, 1.807) is 30.7 Å². The maximum absolute atomic E-state index is 11.9. The van der Waals surface area contributed by atoms with Crippen LogP contribution in [0, 0.1) is 0 Å². The lowest BCUT2D eigenvalue weighted by Gasteiger charge is -2.11. The zero-order chi connectivity index (χ0) is 17.0. The molecule has 128 valence electrons. The summed E-state index contributed by atoms with van der Waals surface area (Å²) in [6.07, 6.45) is 7.86. The zero-order valence-electron chi connectivity index (χ0n) is 13.8. The van der Waals surface area contributed by atoms with Crippen LogP contribution >= 0.6 is 0 Å². The van der Waals surface area contributed by atoms with Crippen LogP contribution in [0.3, 0.4) is 0 Å². The van der Waals surface area contributed by atoms with E-state index in [0.29, 0.717) is 11.6 Å². The van der Waals surface area contributed by atoms with Crippen LogP contribution in [0.15, 0.2) is 48.0 Å². The molecule has 0 atom stereocenters. The molecule has 2 rings (SSSR count). The van der Waals surface area contributed by atoms with Crippen molar-refractivity contribution in [1.29, 1.82) is 0 Å². The van der Waals surface area contributed by atoms with E-state index in [1.165, 1.54) is 0 Å². The van der Waals surface area contributed by atoms with Gasteiger partial charge in [-0.15, -0.1) is 0 Å². The predicted octanol–water partition coefficient (Wildman–Crippen LogP) is 0.862. The molecule has 8 nitrogen and oxygen atoms in total. The molecule has 2 heterocycles. The van der Waals surface area contributed by atoms with Crippen molar-refractivity contribution in [3.8, 4) is 0 Å². The molecule has 2 aromatic rings. The van der Waals surface area contributed by atoms with Gasteiger partial charge in [0, 0.05) is 38.2 Å². The number of amides is 1. The monoisotopic (exact) mass is 329 g/mol. The lowest BCUT2D eigenvalue weighted by atomic mass is 10.4. The molecule has 0 bridgehead atoms. The third kappa shape index (κ3) is 6.47. The fourth-order valence-corrected chi connectivity index (χ4v) is 2.01. The van der Waals surface area contributed by atoms with Crippen molar-refractivity contribution in [2.75, 3.05) is 25.0 Å². The van der Waals surface area contributed by atoms with Crippen LogP contribution in [0.2, 0.25) is 0 Å². The molecule has 0 saturated heterocycles. The number of carbonyl (C=O) groups is 1. The second kappa shape index (κ2) is 9.98. The minimum absolute atomic E-state index is 0.0450. The molecule has 2 aromatic heterocycles. The Kier molecular flexibility index (Phi) is 7.26. The highest BCUT2D eigenvalue weighted by molar-refractivity contribution is 5.93. The number of hydrogen-bond donors (Lipinski definition) is 3. The van der Waals surface area contributed by atoms with Gasteiger partial charge in [-0.1, -0.05) is 0 Å². The molecule has 0 aliphatic rings. The van der Waals surface area contributed by atoms with Crippen molar-refractivity contribution < 1.29 is 4.79 Å². The third-order valence-electron chi connectivity index (χ3n) is 3.09. The van der Waals surface area contributed by atoms with Crippen molar-refractivity contribution in [3.63, 3.8) is 0 Å². The van der Waals surface area contributed by atoms with Gasteiger partial charge in [0.1, 0.15) is 6.54 Å². The van der Waals surface area contributed by atoms with Gasteiger partial charge in [-0.05, 0) is 31.5 Å². The smallest absolute Gasteiger partial charge is 0.246 e. The largest absolute Gasteiger partial charge is 0.357 e. The first-order valence-electron chi connectivity index (χ1n) is 7.97. The Morgan fingerprint density at radius 3 is 2.92 bits per heavy atom. The molecule has 0 fully saturated rings. The standard InChI is InChI=1S/C16H23N7O/c1-2-18-16(19-8-4-10-23-11-5-9-21-23)20-13-15(24)22-14-6-3-7-17-12-14/h3,5-7,9,11-12H,2,4,8,10,13H2,1H3,(H,22,24)(H2,18,19,20). The Hall–Kier alpha value is -2.90. The molecule has 1 amide bonds. The first kappa shape index (κ1) is 17.5. The van der Waals surface area contributed by atoms with E-state index in [9.17, 15) is 4.79 Å². The number of carbonyl (C=O) groups excluding carboxylic acids is 1. The highest BCUT2D eigenvalue weighted by Crippen LogP contribution is 2.01. The van der Waals surface area contributed by atoms with Gasteiger partial charge in [0.2, 0.25) is 5.91 Å². The van der Waals surface area contributed by atoms with Crippen LogP contribution < -0.4 is 16.0 Å². The first-order chi connectivity index (χ1) is 11.8. The van der Waals surface area contributed by atoms with Gasteiger partial charge < -0.3 is 16.0 Å². The highest BCUT2D eigenvalue weighted by Gasteiger charge is 2.03. The van der Waals surface area contributed by atoms with E-state index < -0.39 is 0 Å². The third-order valence-corrected chi connectivity index (χ3v) is 3.09. The van der Waals surface area contributed by atoms with E-state index in [-0.39, 0.29) is 12.5 Å². The van der Waals surface area contributed by atoms with Gasteiger partial charge in [0.15, 0.2) is 5.96 Å². The molecule has 0 aliphatic heterocycles. The van der Waals surface area contributed by atoms with Crippen LogP contribution in [0.25, 0.3) is 0 Å². The predicted molar refractivity (Wildman–Crippen MR) is 93.7 cm³/mol. The molecular weight excluding hydrogens is 306 g/mol. The van der Waals surface area contributed by atoms with Crippen molar-refractivity contribution in [2.45, 2.75) is 19.9 Å². The number of guanidine groups is 1. The summed E-state index contributed by atoms with van der Waals surface area (Å²) in [5.41, 5.74) is 0.662. The van der Waals surface area contributed by atoms with E-state index in [2.05, 4.69) is 31.0 Å². The number of aliphatic imine (C=N–C) groups is 1. The fourth-order valence-electron chi connectivity index (χ4n) is 2.01. The van der Waals surface area contributed by atoms with Gasteiger partial charge in [0.05, 0.1) is 11.9 Å². The molecule has 0 radical (unpaired) electrons. The molecule has 8 heteroatoms. The summed E-state index contributed by atoms with van der Waals surface area (Å²) in [6, 6.07) is 5.46. The molecule has 24 heavy (non-hydrogen) atoms. The maximum atomic E-state index is 11.9. The van der Waals surface area contributed by atoms with Crippen LogP contribution in [-0.4, -0.2) is 46.3 Å². The summed E-state index contributed by atoms with van der Waals surface area (Å²) in [7, 11) is 0. The Balaban J connectivity index is 1.73. The van der Waals surface area contributed by atoms with Crippen LogP contribution in [0.5, 0.6) is 0 Å². The second-order valence-electron chi connectivity index (χ2n) is 5.03. The van der Waals surface area contributed by atoms with Gasteiger partial charge in [-0.3, -0.25) is 14.5 Å². The number of hydrogen-bond acceptors (Lipinski definition) is 4. The van der Waals surface area contributed by atoms with E-state index >= 15 is 0 Å². The molecular formula is C16H23N7O. The SMILES string of the molecule is CCNC(=NCC(=O)Nc1cccnc1)NCCCn1cccn1. The maximum Gasteiger partial charge on any atom is 0.246 e. The van der Waals surface area contributed by atoms with Gasteiger partial charge in [-0.25, -0.2) is 4.99 Å². The lowest BCUT2D eigenvalue weighted by Crippen LogP contribution is -2.38. The molecule has 0 spiro atoms. The average Bonchev–Trinajstić information content (AvgIpc) is 3.11. The van der Waals surface area contributed by atoms with Crippen molar-refractivity contribution in [2.24, 2.45) is 4.99 Å². The lowest BCUT2D eigenvalue weighted by molar-refractivity contribution is -0.114. The van der Waals surface area contributed by atoms with E-state index in [1.807, 2.05) is 23.9 Å². The average molecular weight is 329 g/mol. The Morgan fingerprint density at radius 2 is 2.21 bits per heavy atom. The number of anilines is 1. The van der Waals surface area contributed by atoms with Crippen molar-refractivity contribution in [3.05, 3.63) is 43.0 Å². The van der Waals surface area contributed by atoms with E-state index in [0.717, 1.165) is 26.1 Å². The molecule has 0 aromatic carbocycles. The Morgan fingerprint density at radius 1 is 1.29 bits per heavy atom. The number of nitrogens with one attached hydrogen (secondary N) is 3. The number of nitrogens with zero attached hydrogens (tertiary/aromatic N) is 4. The van der Waals surface area contributed by atoms with Gasteiger partial charge in [0.25, 0.3) is 0 Å². The van der Waals surface area contributed by atoms with Gasteiger partial charge in [-0.2, -0.15) is 5.10 Å². The topological polar surface area (TPSA) is 96.2 Å². The molecule has 0 unspecified atom stereocenters. The minimum Gasteiger partial charge on any atom is -0.357 e. The quantitative estimate of drug-likeness (QED) is 0.379. The summed E-state index contributed by atoms with van der Waals surface area (Å²) >= 11 is 0. The fraction of sp³-hybridized carbons (Fsp3) is 0.375. The number of aryl methyl sites for hydroxylation is 1. The van der Waals surface area contributed by atoms with E-state index in [4.69, 9.17) is 0 Å². The Bertz CT molecular complexity index is 625. The highest BCUT2D eigenvalue weighted by atomic mass is 16.1. The van der Waals surface area contributed by atoms with Gasteiger partial charge >= 0.3 is 0 Å². The Labute approximate surface area is 141 Å². The minimum atomic E-state index is -0.184. The van der Waals surface area contributed by atoms with Crippen molar-refractivity contribution >= 4 is 17.6 Å².